The number of rotatable bonds is 5. The van der Waals surface area contributed by atoms with Gasteiger partial charge in [0.25, 0.3) is 5.91 Å². The van der Waals surface area contributed by atoms with E-state index >= 15 is 0 Å². The molecule has 0 bridgehead atoms. The van der Waals surface area contributed by atoms with Crippen LogP contribution in [0.3, 0.4) is 0 Å². The molecule has 2 aromatic carbocycles. The van der Waals surface area contributed by atoms with E-state index in [0.717, 1.165) is 11.3 Å². The number of carbonyl (C=O) groups is 1. The van der Waals surface area contributed by atoms with Gasteiger partial charge in [0.2, 0.25) is 0 Å². The Bertz CT molecular complexity index is 638. The molecule has 1 N–H and O–H groups in total. The van der Waals surface area contributed by atoms with Crippen molar-refractivity contribution < 1.29 is 9.53 Å². The normalized spacial score (nSPS) is 12.0. The number of ether oxygens (including phenoxy) is 1. The number of benzene rings is 2. The highest BCUT2D eigenvalue weighted by Crippen LogP contribution is 2.26. The summed E-state index contributed by atoms with van der Waals surface area (Å²) in [5.41, 5.74) is 1.79. The molecule has 0 aliphatic heterocycles. The SMILES string of the molecule is CC(C)c1ccccc1O[C@H](C)C(=O)Nc1ccc(Cl)cc1. The molecule has 0 radical (unpaired) electrons. The minimum atomic E-state index is -0.587. The number of hydrogen-bond acceptors (Lipinski definition) is 2. The van der Waals surface area contributed by atoms with Crippen molar-refractivity contribution in [3.8, 4) is 5.75 Å². The van der Waals surface area contributed by atoms with Gasteiger partial charge < -0.3 is 10.1 Å². The number of halogens is 1. The minimum Gasteiger partial charge on any atom is -0.481 e. The largest absolute Gasteiger partial charge is 0.481 e. The summed E-state index contributed by atoms with van der Waals surface area (Å²) in [6.07, 6.45) is -0.587. The van der Waals surface area contributed by atoms with Crippen molar-refractivity contribution in [1.82, 2.24) is 0 Å². The summed E-state index contributed by atoms with van der Waals surface area (Å²) in [7, 11) is 0. The van der Waals surface area contributed by atoms with E-state index in [1.54, 1.807) is 31.2 Å². The van der Waals surface area contributed by atoms with Crippen molar-refractivity contribution in [1.29, 1.82) is 0 Å². The molecular formula is C18H20ClNO2. The molecule has 1 atom stereocenters. The van der Waals surface area contributed by atoms with Gasteiger partial charge in [-0.2, -0.15) is 0 Å². The molecule has 116 valence electrons. The van der Waals surface area contributed by atoms with E-state index in [1.807, 2.05) is 24.3 Å². The Morgan fingerprint density at radius 3 is 2.32 bits per heavy atom. The molecule has 0 heterocycles. The number of hydrogen-bond donors (Lipinski definition) is 1. The quantitative estimate of drug-likeness (QED) is 0.854. The second-order valence-corrected chi connectivity index (χ2v) is 5.89. The van der Waals surface area contributed by atoms with Crippen LogP contribution in [-0.2, 0) is 4.79 Å². The van der Waals surface area contributed by atoms with Gasteiger partial charge in [0.1, 0.15) is 5.75 Å². The third-order valence-electron chi connectivity index (χ3n) is 3.33. The third-order valence-corrected chi connectivity index (χ3v) is 3.58. The Morgan fingerprint density at radius 1 is 1.05 bits per heavy atom. The van der Waals surface area contributed by atoms with E-state index in [2.05, 4.69) is 19.2 Å². The van der Waals surface area contributed by atoms with Gasteiger partial charge in [0.05, 0.1) is 0 Å². The van der Waals surface area contributed by atoms with Crippen LogP contribution in [-0.4, -0.2) is 12.0 Å². The van der Waals surface area contributed by atoms with E-state index < -0.39 is 6.10 Å². The first-order valence-electron chi connectivity index (χ1n) is 7.29. The minimum absolute atomic E-state index is 0.194. The first-order chi connectivity index (χ1) is 10.5. The Morgan fingerprint density at radius 2 is 1.68 bits per heavy atom. The molecule has 0 saturated heterocycles. The molecule has 3 nitrogen and oxygen atoms in total. The number of carbonyl (C=O) groups excluding carboxylic acids is 1. The monoisotopic (exact) mass is 317 g/mol. The average Bonchev–Trinajstić information content (AvgIpc) is 2.49. The van der Waals surface area contributed by atoms with E-state index in [-0.39, 0.29) is 5.91 Å². The summed E-state index contributed by atoms with van der Waals surface area (Å²) in [5, 5.41) is 3.45. The zero-order chi connectivity index (χ0) is 16.1. The van der Waals surface area contributed by atoms with Crippen molar-refractivity contribution in [3.05, 3.63) is 59.1 Å². The van der Waals surface area contributed by atoms with Gasteiger partial charge >= 0.3 is 0 Å². The first-order valence-corrected chi connectivity index (χ1v) is 7.67. The smallest absolute Gasteiger partial charge is 0.265 e. The Kier molecular flexibility index (Phi) is 5.45. The van der Waals surface area contributed by atoms with Crippen LogP contribution in [0.25, 0.3) is 0 Å². The predicted molar refractivity (Wildman–Crippen MR) is 90.7 cm³/mol. The zero-order valence-electron chi connectivity index (χ0n) is 13.0. The van der Waals surface area contributed by atoms with Crippen molar-refractivity contribution >= 4 is 23.2 Å². The van der Waals surface area contributed by atoms with Gasteiger partial charge in [-0.15, -0.1) is 0 Å². The van der Waals surface area contributed by atoms with Crippen LogP contribution in [0.4, 0.5) is 5.69 Å². The highest BCUT2D eigenvalue weighted by atomic mass is 35.5. The van der Waals surface area contributed by atoms with Gasteiger partial charge in [-0.25, -0.2) is 0 Å². The van der Waals surface area contributed by atoms with Crippen LogP contribution in [0.5, 0.6) is 5.75 Å². The van der Waals surface area contributed by atoms with E-state index in [0.29, 0.717) is 16.6 Å². The number of anilines is 1. The topological polar surface area (TPSA) is 38.3 Å². The Labute approximate surface area is 136 Å². The van der Waals surface area contributed by atoms with Gasteiger partial charge in [0, 0.05) is 10.7 Å². The maximum atomic E-state index is 12.2. The molecular weight excluding hydrogens is 298 g/mol. The Balaban J connectivity index is 2.04. The van der Waals surface area contributed by atoms with E-state index in [1.165, 1.54) is 0 Å². The molecule has 22 heavy (non-hydrogen) atoms. The fourth-order valence-corrected chi connectivity index (χ4v) is 2.21. The van der Waals surface area contributed by atoms with E-state index in [9.17, 15) is 4.79 Å². The van der Waals surface area contributed by atoms with Crippen molar-refractivity contribution in [3.63, 3.8) is 0 Å². The van der Waals surface area contributed by atoms with Crippen molar-refractivity contribution in [2.24, 2.45) is 0 Å². The molecule has 1 amide bonds. The van der Waals surface area contributed by atoms with Gasteiger partial charge in [-0.1, -0.05) is 43.6 Å². The summed E-state index contributed by atoms with van der Waals surface area (Å²) >= 11 is 5.83. The fraction of sp³-hybridized carbons (Fsp3) is 0.278. The van der Waals surface area contributed by atoms with E-state index in [4.69, 9.17) is 16.3 Å². The van der Waals surface area contributed by atoms with Crippen LogP contribution in [0.1, 0.15) is 32.3 Å². The molecule has 4 heteroatoms. The number of para-hydroxylation sites is 1. The fourth-order valence-electron chi connectivity index (χ4n) is 2.09. The molecule has 2 rings (SSSR count). The standard InChI is InChI=1S/C18H20ClNO2/c1-12(2)16-6-4-5-7-17(16)22-13(3)18(21)20-15-10-8-14(19)9-11-15/h4-13H,1-3H3,(H,20,21)/t13-/m1/s1. The Hall–Kier alpha value is -2.00. The molecule has 0 saturated carbocycles. The highest BCUT2D eigenvalue weighted by Gasteiger charge is 2.17. The zero-order valence-corrected chi connectivity index (χ0v) is 13.7. The first kappa shape index (κ1) is 16.4. The molecule has 0 fully saturated rings. The van der Waals surface area contributed by atoms with Crippen LogP contribution in [0.15, 0.2) is 48.5 Å². The van der Waals surface area contributed by atoms with Crippen molar-refractivity contribution in [2.45, 2.75) is 32.8 Å². The van der Waals surface area contributed by atoms with Gasteiger partial charge in [0.15, 0.2) is 6.10 Å². The molecule has 0 unspecified atom stereocenters. The van der Waals surface area contributed by atoms with Gasteiger partial charge in [-0.3, -0.25) is 4.79 Å². The summed E-state index contributed by atoms with van der Waals surface area (Å²) in [4.78, 5) is 12.2. The molecule has 0 spiro atoms. The van der Waals surface area contributed by atoms with Crippen LogP contribution < -0.4 is 10.1 Å². The predicted octanol–water partition coefficient (Wildman–Crippen LogP) is 4.87. The number of amides is 1. The van der Waals surface area contributed by atoms with Crippen molar-refractivity contribution in [2.75, 3.05) is 5.32 Å². The summed E-state index contributed by atoms with van der Waals surface area (Å²) < 4.78 is 5.83. The van der Waals surface area contributed by atoms with Crippen LogP contribution in [0, 0.1) is 0 Å². The molecule has 0 aliphatic rings. The molecule has 0 aliphatic carbocycles. The average molecular weight is 318 g/mol. The number of nitrogens with one attached hydrogen (secondary N) is 1. The summed E-state index contributed by atoms with van der Waals surface area (Å²) in [6, 6.07) is 14.8. The molecule has 2 aromatic rings. The summed E-state index contributed by atoms with van der Waals surface area (Å²) in [5.74, 6) is 0.889. The second-order valence-electron chi connectivity index (χ2n) is 5.45. The maximum absolute atomic E-state index is 12.2. The second kappa shape index (κ2) is 7.32. The third kappa shape index (κ3) is 4.25. The summed E-state index contributed by atoms with van der Waals surface area (Å²) in [6.45, 7) is 5.93. The lowest BCUT2D eigenvalue weighted by Crippen LogP contribution is -2.30. The van der Waals surface area contributed by atoms with Crippen LogP contribution in [0.2, 0.25) is 5.02 Å². The molecule has 0 aromatic heterocycles. The highest BCUT2D eigenvalue weighted by molar-refractivity contribution is 6.30. The maximum Gasteiger partial charge on any atom is 0.265 e. The lowest BCUT2D eigenvalue weighted by atomic mass is 10.0. The lowest BCUT2D eigenvalue weighted by Gasteiger charge is -2.18. The van der Waals surface area contributed by atoms with Gasteiger partial charge in [-0.05, 0) is 48.7 Å². The van der Waals surface area contributed by atoms with Crippen LogP contribution >= 0.6 is 11.6 Å². The lowest BCUT2D eigenvalue weighted by molar-refractivity contribution is -0.122.